The molecule has 2 nitrogen and oxygen atoms in total. The van der Waals surface area contributed by atoms with Crippen LogP contribution in [0.3, 0.4) is 0 Å². The van der Waals surface area contributed by atoms with Gasteiger partial charge in [0.05, 0.1) is 12.7 Å². The van der Waals surface area contributed by atoms with Gasteiger partial charge in [0, 0.05) is 5.56 Å². The second-order valence-corrected chi connectivity index (χ2v) is 5.28. The molecule has 0 bridgehead atoms. The molecule has 1 N–H and O–H groups in total. The molecule has 0 aliphatic heterocycles. The zero-order chi connectivity index (χ0) is 15.5. The smallest absolute Gasteiger partial charge is 0.124 e. The summed E-state index contributed by atoms with van der Waals surface area (Å²) in [6.45, 7) is 4.41. The average Bonchev–Trinajstić information content (AvgIpc) is 2.47. The Bertz CT molecular complexity index is 474. The summed E-state index contributed by atoms with van der Waals surface area (Å²) in [7, 11) is 0. The van der Waals surface area contributed by atoms with E-state index in [9.17, 15) is 4.39 Å². The summed E-state index contributed by atoms with van der Waals surface area (Å²) >= 11 is 0. The van der Waals surface area contributed by atoms with Crippen LogP contribution in [0.4, 0.5) is 4.39 Å². The van der Waals surface area contributed by atoms with Gasteiger partial charge < -0.3 is 9.84 Å². The van der Waals surface area contributed by atoms with Crippen molar-refractivity contribution in [3.8, 4) is 11.8 Å². The lowest BCUT2D eigenvalue weighted by Crippen LogP contribution is -2.08. The van der Waals surface area contributed by atoms with Crippen molar-refractivity contribution in [2.45, 2.75) is 58.7 Å². The van der Waals surface area contributed by atoms with Crippen molar-refractivity contribution in [1.29, 1.82) is 0 Å². The lowest BCUT2D eigenvalue weighted by atomic mass is 10.1. The molecule has 21 heavy (non-hydrogen) atoms. The highest BCUT2D eigenvalue weighted by atomic mass is 19.1. The maximum absolute atomic E-state index is 13.5. The Labute approximate surface area is 127 Å². The molecule has 0 radical (unpaired) electrons. The van der Waals surface area contributed by atoms with Gasteiger partial charge in [-0.1, -0.05) is 44.4 Å². The minimum Gasteiger partial charge on any atom is -0.384 e. The number of hydrogen-bond acceptors (Lipinski definition) is 2. The molecule has 0 spiro atoms. The Morgan fingerprint density at radius 3 is 2.76 bits per heavy atom. The summed E-state index contributed by atoms with van der Waals surface area (Å²) in [5.74, 6) is 4.91. The second kappa shape index (κ2) is 10.4. The topological polar surface area (TPSA) is 29.5 Å². The van der Waals surface area contributed by atoms with Gasteiger partial charge in [0.1, 0.15) is 12.4 Å². The fraction of sp³-hybridized carbons (Fsp3) is 0.556. The van der Waals surface area contributed by atoms with Crippen LogP contribution in [0.25, 0.3) is 0 Å². The Kier molecular flexibility index (Phi) is 8.73. The lowest BCUT2D eigenvalue weighted by molar-refractivity contribution is 0.0457. The molecule has 1 rings (SSSR count). The van der Waals surface area contributed by atoms with E-state index in [2.05, 4.69) is 25.7 Å². The normalized spacial score (nSPS) is 11.8. The van der Waals surface area contributed by atoms with Crippen LogP contribution in [0.2, 0.25) is 0 Å². The minimum atomic E-state index is -0.325. The molecular weight excluding hydrogens is 267 g/mol. The van der Waals surface area contributed by atoms with Crippen LogP contribution in [0.15, 0.2) is 18.2 Å². The van der Waals surface area contributed by atoms with E-state index < -0.39 is 0 Å². The first-order chi connectivity index (χ1) is 10.2. The zero-order valence-electron chi connectivity index (χ0n) is 13.0. The van der Waals surface area contributed by atoms with Crippen LogP contribution in [0.5, 0.6) is 0 Å². The number of unbranched alkanes of at least 4 members (excludes halogenated alkanes) is 3. The Balaban J connectivity index is 2.45. The van der Waals surface area contributed by atoms with Crippen LogP contribution in [-0.2, 0) is 11.3 Å². The fourth-order valence-electron chi connectivity index (χ4n) is 2.13. The van der Waals surface area contributed by atoms with Gasteiger partial charge in [0.15, 0.2) is 0 Å². The molecular formula is C18H25FO2. The predicted octanol–water partition coefficient (Wildman–Crippen LogP) is 4.05. The second-order valence-electron chi connectivity index (χ2n) is 5.28. The van der Waals surface area contributed by atoms with Gasteiger partial charge in [-0.2, -0.15) is 0 Å². The highest BCUT2D eigenvalue weighted by Gasteiger charge is 2.05. The first-order valence-corrected chi connectivity index (χ1v) is 7.66. The summed E-state index contributed by atoms with van der Waals surface area (Å²) in [5, 5.41) is 8.67. The van der Waals surface area contributed by atoms with Crippen LogP contribution < -0.4 is 0 Å². The molecule has 0 fully saturated rings. The van der Waals surface area contributed by atoms with Gasteiger partial charge in [-0.25, -0.2) is 4.39 Å². The van der Waals surface area contributed by atoms with Crippen molar-refractivity contribution in [3.63, 3.8) is 0 Å². The summed E-state index contributed by atoms with van der Waals surface area (Å²) < 4.78 is 19.2. The maximum atomic E-state index is 13.5. The van der Waals surface area contributed by atoms with E-state index in [-0.39, 0.29) is 18.5 Å². The zero-order valence-corrected chi connectivity index (χ0v) is 13.0. The number of ether oxygens (including phenoxy) is 1. The third kappa shape index (κ3) is 7.84. The van der Waals surface area contributed by atoms with Crippen LogP contribution in [-0.4, -0.2) is 17.8 Å². The van der Waals surface area contributed by atoms with E-state index in [0.29, 0.717) is 12.2 Å². The van der Waals surface area contributed by atoms with Crippen molar-refractivity contribution < 1.29 is 14.2 Å². The monoisotopic (exact) mass is 292 g/mol. The summed E-state index contributed by atoms with van der Waals surface area (Å²) in [5.41, 5.74) is 1.34. The largest absolute Gasteiger partial charge is 0.384 e. The quantitative estimate of drug-likeness (QED) is 0.578. The molecule has 3 heteroatoms. The third-order valence-corrected chi connectivity index (χ3v) is 3.27. The van der Waals surface area contributed by atoms with Gasteiger partial charge in [-0.05, 0) is 37.1 Å². The third-order valence-electron chi connectivity index (χ3n) is 3.27. The molecule has 1 atom stereocenters. The fourth-order valence-corrected chi connectivity index (χ4v) is 2.13. The van der Waals surface area contributed by atoms with E-state index in [0.717, 1.165) is 12.0 Å². The van der Waals surface area contributed by atoms with Gasteiger partial charge in [-0.15, -0.1) is 0 Å². The summed E-state index contributed by atoms with van der Waals surface area (Å²) in [4.78, 5) is 0. The molecule has 116 valence electrons. The van der Waals surface area contributed by atoms with Gasteiger partial charge >= 0.3 is 0 Å². The molecule has 0 amide bonds. The van der Waals surface area contributed by atoms with E-state index in [1.807, 2.05) is 0 Å². The molecule has 0 aromatic heterocycles. The highest BCUT2D eigenvalue weighted by Crippen LogP contribution is 2.13. The molecule has 0 aliphatic rings. The van der Waals surface area contributed by atoms with Gasteiger partial charge in [-0.3, -0.25) is 0 Å². The maximum Gasteiger partial charge on any atom is 0.124 e. The highest BCUT2D eigenvalue weighted by molar-refractivity contribution is 5.37. The number of rotatable bonds is 8. The lowest BCUT2D eigenvalue weighted by Gasteiger charge is -2.13. The Hall–Kier alpha value is -1.37. The molecule has 0 aliphatic carbocycles. The van der Waals surface area contributed by atoms with Crippen molar-refractivity contribution in [3.05, 3.63) is 35.1 Å². The molecule has 0 saturated heterocycles. The van der Waals surface area contributed by atoms with E-state index in [1.54, 1.807) is 6.07 Å². The van der Waals surface area contributed by atoms with E-state index in [4.69, 9.17) is 9.84 Å². The van der Waals surface area contributed by atoms with Crippen LogP contribution >= 0.6 is 0 Å². The van der Waals surface area contributed by atoms with Crippen LogP contribution in [0, 0.1) is 17.7 Å². The average molecular weight is 292 g/mol. The first-order valence-electron chi connectivity index (χ1n) is 7.66. The standard InChI is InChI=1S/C18H25FO2/c1-3-4-5-6-8-15(2)21-14-17-11-16(9-7-10-20)12-18(19)13-17/h11-13,15,20H,3-6,8,10,14H2,1-2H3. The van der Waals surface area contributed by atoms with E-state index in [1.165, 1.54) is 37.8 Å². The number of halogens is 1. The molecule has 0 saturated carbocycles. The molecule has 0 heterocycles. The number of hydrogen-bond donors (Lipinski definition) is 1. The first kappa shape index (κ1) is 17.7. The predicted molar refractivity (Wildman–Crippen MR) is 83.4 cm³/mol. The summed E-state index contributed by atoms with van der Waals surface area (Å²) in [6.07, 6.45) is 6.12. The van der Waals surface area contributed by atoms with Crippen molar-refractivity contribution in [1.82, 2.24) is 0 Å². The van der Waals surface area contributed by atoms with Crippen molar-refractivity contribution in [2.75, 3.05) is 6.61 Å². The van der Waals surface area contributed by atoms with Gasteiger partial charge in [0.25, 0.3) is 0 Å². The van der Waals surface area contributed by atoms with Gasteiger partial charge in [0.2, 0.25) is 0 Å². The Morgan fingerprint density at radius 2 is 2.05 bits per heavy atom. The number of aliphatic hydroxyl groups excluding tert-OH is 1. The van der Waals surface area contributed by atoms with Crippen molar-refractivity contribution in [2.24, 2.45) is 0 Å². The minimum absolute atomic E-state index is 0.178. The SMILES string of the molecule is CCCCCCC(C)OCc1cc(F)cc(C#CCO)c1. The number of aliphatic hydroxyl groups is 1. The van der Waals surface area contributed by atoms with Crippen molar-refractivity contribution >= 4 is 0 Å². The molecule has 1 aromatic carbocycles. The Morgan fingerprint density at radius 1 is 1.24 bits per heavy atom. The number of benzene rings is 1. The molecule has 1 aromatic rings. The molecule has 1 unspecified atom stereocenters. The summed E-state index contributed by atoms with van der Waals surface area (Å²) in [6, 6.07) is 4.63. The van der Waals surface area contributed by atoms with E-state index >= 15 is 0 Å². The van der Waals surface area contributed by atoms with Crippen LogP contribution in [0.1, 0.15) is 57.1 Å².